The van der Waals surface area contributed by atoms with Crippen LogP contribution >= 0.6 is 0 Å². The Labute approximate surface area is 207 Å². The predicted octanol–water partition coefficient (Wildman–Crippen LogP) is 5.08. The number of benzene rings is 3. The molecule has 5 atom stereocenters. The average Bonchev–Trinajstić information content (AvgIpc) is 2.90. The van der Waals surface area contributed by atoms with Crippen LogP contribution in [-0.2, 0) is 38.8 Å². The second-order valence-corrected chi connectivity index (χ2v) is 8.75. The fourth-order valence-electron chi connectivity index (χ4n) is 4.31. The SMILES string of the molecule is C=CC[C@H]1OC(COCc2ccccc2)[C@@H](OCc2ccccc2)C(O)C1OCc1ccccc1. The summed E-state index contributed by atoms with van der Waals surface area (Å²) in [5.74, 6) is 0. The highest BCUT2D eigenvalue weighted by molar-refractivity contribution is 5.15. The smallest absolute Gasteiger partial charge is 0.115 e. The van der Waals surface area contributed by atoms with Gasteiger partial charge in [0.05, 0.1) is 32.5 Å². The van der Waals surface area contributed by atoms with Gasteiger partial charge in [-0.3, -0.25) is 0 Å². The van der Waals surface area contributed by atoms with Gasteiger partial charge in [0.2, 0.25) is 0 Å². The molecule has 3 aromatic rings. The molecule has 5 nitrogen and oxygen atoms in total. The Morgan fingerprint density at radius 1 is 0.686 bits per heavy atom. The van der Waals surface area contributed by atoms with Crippen LogP contribution in [0.1, 0.15) is 23.1 Å². The van der Waals surface area contributed by atoms with Gasteiger partial charge < -0.3 is 24.1 Å². The van der Waals surface area contributed by atoms with E-state index in [1.807, 2.05) is 91.0 Å². The minimum Gasteiger partial charge on any atom is -0.387 e. The van der Waals surface area contributed by atoms with E-state index in [2.05, 4.69) is 6.58 Å². The maximum absolute atomic E-state index is 11.4. The third-order valence-corrected chi connectivity index (χ3v) is 6.12. The van der Waals surface area contributed by atoms with Gasteiger partial charge in [0.15, 0.2) is 0 Å². The van der Waals surface area contributed by atoms with Crippen molar-refractivity contribution in [1.82, 2.24) is 0 Å². The minimum absolute atomic E-state index is 0.296. The zero-order valence-corrected chi connectivity index (χ0v) is 19.9. The molecule has 1 aliphatic rings. The molecule has 0 aliphatic carbocycles. The van der Waals surface area contributed by atoms with Crippen LogP contribution in [0.3, 0.4) is 0 Å². The Kier molecular flexibility index (Phi) is 9.64. The number of rotatable bonds is 12. The van der Waals surface area contributed by atoms with Gasteiger partial charge in [0.1, 0.15) is 24.4 Å². The second kappa shape index (κ2) is 13.3. The third-order valence-electron chi connectivity index (χ3n) is 6.12. The molecule has 1 heterocycles. The summed E-state index contributed by atoms with van der Waals surface area (Å²) in [7, 11) is 0. The Bertz CT molecular complexity index is 993. The number of hydrogen-bond acceptors (Lipinski definition) is 5. The lowest BCUT2D eigenvalue weighted by molar-refractivity contribution is -0.259. The molecule has 0 radical (unpaired) electrons. The molecule has 1 aliphatic heterocycles. The average molecular weight is 475 g/mol. The molecule has 3 unspecified atom stereocenters. The molecule has 3 aromatic carbocycles. The van der Waals surface area contributed by atoms with E-state index in [1.54, 1.807) is 6.08 Å². The largest absolute Gasteiger partial charge is 0.387 e. The van der Waals surface area contributed by atoms with Crippen LogP contribution in [0.5, 0.6) is 0 Å². The zero-order valence-electron chi connectivity index (χ0n) is 19.9. The van der Waals surface area contributed by atoms with Crippen molar-refractivity contribution in [2.75, 3.05) is 6.61 Å². The van der Waals surface area contributed by atoms with E-state index in [1.165, 1.54) is 0 Å². The van der Waals surface area contributed by atoms with E-state index < -0.39 is 24.4 Å². The minimum atomic E-state index is -0.883. The summed E-state index contributed by atoms with van der Waals surface area (Å²) >= 11 is 0. The molecule has 5 heteroatoms. The van der Waals surface area contributed by atoms with Gasteiger partial charge >= 0.3 is 0 Å². The second-order valence-electron chi connectivity index (χ2n) is 8.75. The lowest BCUT2D eigenvalue weighted by Crippen LogP contribution is -2.60. The number of aliphatic hydroxyl groups is 1. The molecule has 184 valence electrons. The lowest BCUT2D eigenvalue weighted by Gasteiger charge is -2.44. The van der Waals surface area contributed by atoms with Gasteiger partial charge in [-0.15, -0.1) is 6.58 Å². The van der Waals surface area contributed by atoms with Crippen LogP contribution in [0.4, 0.5) is 0 Å². The number of ether oxygens (including phenoxy) is 4. The van der Waals surface area contributed by atoms with E-state index in [0.717, 1.165) is 16.7 Å². The summed E-state index contributed by atoms with van der Waals surface area (Å²) in [6.45, 7) is 5.37. The molecule has 1 fully saturated rings. The Morgan fingerprint density at radius 2 is 1.14 bits per heavy atom. The summed E-state index contributed by atoms with van der Waals surface area (Å²) in [6, 6.07) is 29.8. The number of aliphatic hydroxyl groups excluding tert-OH is 1. The van der Waals surface area contributed by atoms with Gasteiger partial charge in [-0.2, -0.15) is 0 Å². The Hall–Kier alpha value is -2.80. The molecule has 0 aromatic heterocycles. The zero-order chi connectivity index (χ0) is 24.3. The van der Waals surface area contributed by atoms with Crippen LogP contribution in [0, 0.1) is 0 Å². The molecule has 0 spiro atoms. The molecular formula is C30H34O5. The van der Waals surface area contributed by atoms with E-state index in [4.69, 9.17) is 18.9 Å². The molecule has 35 heavy (non-hydrogen) atoms. The summed E-state index contributed by atoms with van der Waals surface area (Å²) in [5, 5.41) is 11.4. The van der Waals surface area contributed by atoms with Crippen LogP contribution in [0.2, 0.25) is 0 Å². The summed E-state index contributed by atoms with van der Waals surface area (Å²) in [5.41, 5.74) is 3.14. The number of hydrogen-bond donors (Lipinski definition) is 1. The van der Waals surface area contributed by atoms with Crippen LogP contribution < -0.4 is 0 Å². The molecule has 1 N–H and O–H groups in total. The van der Waals surface area contributed by atoms with E-state index in [-0.39, 0.29) is 6.10 Å². The Morgan fingerprint density at radius 3 is 1.63 bits per heavy atom. The molecular weight excluding hydrogens is 440 g/mol. The first kappa shape index (κ1) is 25.3. The van der Waals surface area contributed by atoms with Gasteiger partial charge in [0, 0.05) is 0 Å². The van der Waals surface area contributed by atoms with Gasteiger partial charge in [-0.05, 0) is 23.1 Å². The van der Waals surface area contributed by atoms with Gasteiger partial charge in [-0.25, -0.2) is 0 Å². The monoisotopic (exact) mass is 474 g/mol. The van der Waals surface area contributed by atoms with Crippen molar-refractivity contribution < 1.29 is 24.1 Å². The molecule has 4 rings (SSSR count). The van der Waals surface area contributed by atoms with Gasteiger partial charge in [-0.1, -0.05) is 97.1 Å². The fraction of sp³-hybridized carbons (Fsp3) is 0.333. The van der Waals surface area contributed by atoms with Crippen LogP contribution in [0.15, 0.2) is 104 Å². The van der Waals surface area contributed by atoms with Crippen molar-refractivity contribution >= 4 is 0 Å². The van der Waals surface area contributed by atoms with Crippen molar-refractivity contribution in [2.24, 2.45) is 0 Å². The quantitative estimate of drug-likeness (QED) is 0.371. The summed E-state index contributed by atoms with van der Waals surface area (Å²) < 4.78 is 24.9. The van der Waals surface area contributed by atoms with Crippen molar-refractivity contribution in [3.05, 3.63) is 120 Å². The van der Waals surface area contributed by atoms with Crippen molar-refractivity contribution in [1.29, 1.82) is 0 Å². The Balaban J connectivity index is 1.46. The topological polar surface area (TPSA) is 57.2 Å². The maximum Gasteiger partial charge on any atom is 0.115 e. The highest BCUT2D eigenvalue weighted by Crippen LogP contribution is 2.29. The first-order valence-electron chi connectivity index (χ1n) is 12.1. The van der Waals surface area contributed by atoms with E-state index in [9.17, 15) is 5.11 Å². The fourth-order valence-corrected chi connectivity index (χ4v) is 4.31. The third kappa shape index (κ3) is 7.34. The maximum atomic E-state index is 11.4. The van der Waals surface area contributed by atoms with E-state index in [0.29, 0.717) is 32.8 Å². The molecule has 1 saturated heterocycles. The van der Waals surface area contributed by atoms with Gasteiger partial charge in [0.25, 0.3) is 0 Å². The highest BCUT2D eigenvalue weighted by atomic mass is 16.6. The van der Waals surface area contributed by atoms with Crippen LogP contribution in [0.25, 0.3) is 0 Å². The normalized spacial score (nSPS) is 24.2. The van der Waals surface area contributed by atoms with Crippen LogP contribution in [-0.4, -0.2) is 42.2 Å². The summed E-state index contributed by atoms with van der Waals surface area (Å²) in [6.07, 6.45) is -0.494. The predicted molar refractivity (Wildman–Crippen MR) is 136 cm³/mol. The first-order valence-corrected chi connectivity index (χ1v) is 12.1. The highest BCUT2D eigenvalue weighted by Gasteiger charge is 2.46. The van der Waals surface area contributed by atoms with Crippen molar-refractivity contribution in [3.8, 4) is 0 Å². The standard InChI is InChI=1S/C30H34O5/c1-2-12-26-29(33-20-24-15-8-4-9-16-24)28(31)30(34-21-25-17-10-5-11-18-25)27(35-26)22-32-19-23-13-6-3-7-14-23/h2-11,13-18,26-31H,1,12,19-22H2/t26-,27?,28?,29?,30-/m1/s1. The lowest BCUT2D eigenvalue weighted by atomic mass is 9.93. The van der Waals surface area contributed by atoms with E-state index >= 15 is 0 Å². The molecule has 0 bridgehead atoms. The molecule has 0 saturated carbocycles. The summed E-state index contributed by atoms with van der Waals surface area (Å²) in [4.78, 5) is 0. The molecule has 0 amide bonds. The van der Waals surface area contributed by atoms with Crippen molar-refractivity contribution in [3.63, 3.8) is 0 Å². The van der Waals surface area contributed by atoms with Crippen molar-refractivity contribution in [2.45, 2.75) is 56.8 Å². The first-order chi connectivity index (χ1) is 17.2.